The summed E-state index contributed by atoms with van der Waals surface area (Å²) in [5.74, 6) is 1.61. The predicted octanol–water partition coefficient (Wildman–Crippen LogP) is 1.83. The van der Waals surface area contributed by atoms with E-state index in [2.05, 4.69) is 0 Å². The third-order valence-corrected chi connectivity index (χ3v) is 4.19. The summed E-state index contributed by atoms with van der Waals surface area (Å²) in [5, 5.41) is 0. The maximum absolute atomic E-state index is 6.43. The molecule has 1 saturated carbocycles. The van der Waals surface area contributed by atoms with Gasteiger partial charge < -0.3 is 20.9 Å². The van der Waals surface area contributed by atoms with Crippen LogP contribution in [0.5, 0.6) is 11.5 Å². The van der Waals surface area contributed by atoms with Crippen molar-refractivity contribution in [2.45, 2.75) is 25.3 Å². The van der Waals surface area contributed by atoms with Gasteiger partial charge in [0.15, 0.2) is 0 Å². The minimum atomic E-state index is -0.0960. The molecule has 1 aliphatic rings. The highest BCUT2D eigenvalue weighted by molar-refractivity contribution is 5.43. The summed E-state index contributed by atoms with van der Waals surface area (Å²) in [6, 6.07) is 5.64. The maximum Gasteiger partial charge on any atom is 0.123 e. The maximum atomic E-state index is 6.43. The van der Waals surface area contributed by atoms with E-state index < -0.39 is 0 Å². The van der Waals surface area contributed by atoms with Crippen LogP contribution in [0.2, 0.25) is 0 Å². The van der Waals surface area contributed by atoms with Gasteiger partial charge in [-0.1, -0.05) is 6.42 Å². The summed E-state index contributed by atoms with van der Waals surface area (Å²) in [5.41, 5.74) is 13.4. The van der Waals surface area contributed by atoms with Crippen LogP contribution in [0.15, 0.2) is 18.2 Å². The highest BCUT2D eigenvalue weighted by Crippen LogP contribution is 2.50. The molecular weight excluding hydrogens is 228 g/mol. The van der Waals surface area contributed by atoms with Crippen LogP contribution in [-0.2, 0) is 0 Å². The molecule has 1 fully saturated rings. The van der Waals surface area contributed by atoms with Crippen molar-refractivity contribution in [3.8, 4) is 11.5 Å². The molecule has 18 heavy (non-hydrogen) atoms. The standard InChI is InChI=1S/C14H22N2O2/c1-17-10-4-5-12(18-2)11(8-10)13(16)14(9-15)6-3-7-14/h4-5,8,13H,3,6-7,9,15-16H2,1-2H3. The molecule has 0 amide bonds. The monoisotopic (exact) mass is 250 g/mol. The molecule has 4 heteroatoms. The molecule has 0 heterocycles. The van der Waals surface area contributed by atoms with Crippen LogP contribution in [0.25, 0.3) is 0 Å². The zero-order valence-corrected chi connectivity index (χ0v) is 11.1. The van der Waals surface area contributed by atoms with E-state index in [9.17, 15) is 0 Å². The SMILES string of the molecule is COc1ccc(OC)c(C(N)C2(CN)CCC2)c1. The molecule has 1 aliphatic carbocycles. The Balaban J connectivity index is 2.35. The lowest BCUT2D eigenvalue weighted by Crippen LogP contribution is -2.46. The average Bonchev–Trinajstić information content (AvgIpc) is 2.37. The number of hydrogen-bond acceptors (Lipinski definition) is 4. The van der Waals surface area contributed by atoms with Gasteiger partial charge in [0.1, 0.15) is 11.5 Å². The lowest BCUT2D eigenvalue weighted by atomic mass is 9.62. The molecule has 0 bridgehead atoms. The summed E-state index contributed by atoms with van der Waals surface area (Å²) in [4.78, 5) is 0. The predicted molar refractivity (Wildman–Crippen MR) is 71.8 cm³/mol. The van der Waals surface area contributed by atoms with Gasteiger partial charge in [-0.25, -0.2) is 0 Å². The zero-order valence-electron chi connectivity index (χ0n) is 11.1. The van der Waals surface area contributed by atoms with E-state index in [1.165, 1.54) is 6.42 Å². The van der Waals surface area contributed by atoms with Gasteiger partial charge in [-0.05, 0) is 37.6 Å². The van der Waals surface area contributed by atoms with E-state index in [0.717, 1.165) is 29.9 Å². The van der Waals surface area contributed by atoms with Gasteiger partial charge in [-0.2, -0.15) is 0 Å². The highest BCUT2D eigenvalue weighted by atomic mass is 16.5. The first-order valence-electron chi connectivity index (χ1n) is 6.34. The minimum Gasteiger partial charge on any atom is -0.497 e. The van der Waals surface area contributed by atoms with E-state index >= 15 is 0 Å². The number of methoxy groups -OCH3 is 2. The Labute approximate surface area is 108 Å². The van der Waals surface area contributed by atoms with Gasteiger partial charge >= 0.3 is 0 Å². The van der Waals surface area contributed by atoms with Crippen molar-refractivity contribution in [1.82, 2.24) is 0 Å². The van der Waals surface area contributed by atoms with Gasteiger partial charge in [0.2, 0.25) is 0 Å². The van der Waals surface area contributed by atoms with E-state index in [1.54, 1.807) is 14.2 Å². The van der Waals surface area contributed by atoms with Crippen molar-refractivity contribution >= 4 is 0 Å². The Morgan fingerprint density at radius 1 is 1.28 bits per heavy atom. The first-order valence-corrected chi connectivity index (χ1v) is 6.34. The zero-order chi connectivity index (χ0) is 13.2. The highest BCUT2D eigenvalue weighted by Gasteiger charge is 2.42. The molecule has 1 aromatic carbocycles. The molecule has 0 saturated heterocycles. The van der Waals surface area contributed by atoms with Gasteiger partial charge in [0.25, 0.3) is 0 Å². The summed E-state index contributed by atoms with van der Waals surface area (Å²) < 4.78 is 10.7. The van der Waals surface area contributed by atoms with Crippen molar-refractivity contribution in [2.75, 3.05) is 20.8 Å². The molecular formula is C14H22N2O2. The second-order valence-corrected chi connectivity index (χ2v) is 5.01. The van der Waals surface area contributed by atoms with Crippen LogP contribution in [-0.4, -0.2) is 20.8 Å². The van der Waals surface area contributed by atoms with Crippen molar-refractivity contribution < 1.29 is 9.47 Å². The van der Waals surface area contributed by atoms with Gasteiger partial charge in [0, 0.05) is 17.0 Å². The molecule has 4 N–H and O–H groups in total. The molecule has 1 aromatic rings. The number of benzene rings is 1. The number of hydrogen-bond donors (Lipinski definition) is 2. The second-order valence-electron chi connectivity index (χ2n) is 5.01. The van der Waals surface area contributed by atoms with Crippen molar-refractivity contribution in [3.05, 3.63) is 23.8 Å². The van der Waals surface area contributed by atoms with E-state index in [0.29, 0.717) is 6.54 Å². The number of ether oxygens (including phenoxy) is 2. The summed E-state index contributed by atoms with van der Waals surface area (Å²) in [6.45, 7) is 0.620. The second kappa shape index (κ2) is 5.16. The van der Waals surface area contributed by atoms with Gasteiger partial charge in [-0.3, -0.25) is 0 Å². The van der Waals surface area contributed by atoms with E-state index in [4.69, 9.17) is 20.9 Å². The summed E-state index contributed by atoms with van der Waals surface area (Å²) in [6.07, 6.45) is 3.38. The molecule has 0 aromatic heterocycles. The van der Waals surface area contributed by atoms with Crippen LogP contribution >= 0.6 is 0 Å². The van der Waals surface area contributed by atoms with E-state index in [-0.39, 0.29) is 11.5 Å². The van der Waals surface area contributed by atoms with Crippen LogP contribution in [0.1, 0.15) is 30.9 Å². The first kappa shape index (κ1) is 13.2. The normalized spacial score (nSPS) is 18.9. The Bertz CT molecular complexity index is 411. The quantitative estimate of drug-likeness (QED) is 0.836. The minimum absolute atomic E-state index is 0.0274. The number of nitrogens with two attached hydrogens (primary N) is 2. The fourth-order valence-electron chi connectivity index (χ4n) is 2.69. The molecule has 2 rings (SSSR count). The van der Waals surface area contributed by atoms with Crippen molar-refractivity contribution in [2.24, 2.45) is 16.9 Å². The molecule has 100 valence electrons. The fraction of sp³-hybridized carbons (Fsp3) is 0.571. The summed E-state index contributed by atoms with van der Waals surface area (Å²) >= 11 is 0. The van der Waals surface area contributed by atoms with Gasteiger partial charge in [0.05, 0.1) is 14.2 Å². The van der Waals surface area contributed by atoms with Crippen molar-refractivity contribution in [3.63, 3.8) is 0 Å². The molecule has 1 unspecified atom stereocenters. The Morgan fingerprint density at radius 3 is 2.44 bits per heavy atom. The fourth-order valence-corrected chi connectivity index (χ4v) is 2.69. The van der Waals surface area contributed by atoms with Crippen LogP contribution in [0.3, 0.4) is 0 Å². The molecule has 1 atom stereocenters. The first-order chi connectivity index (χ1) is 8.66. The smallest absolute Gasteiger partial charge is 0.123 e. The molecule has 4 nitrogen and oxygen atoms in total. The van der Waals surface area contributed by atoms with Gasteiger partial charge in [-0.15, -0.1) is 0 Å². The third kappa shape index (κ3) is 2.06. The summed E-state index contributed by atoms with van der Waals surface area (Å²) in [7, 11) is 3.31. The average molecular weight is 250 g/mol. The molecule has 0 aliphatic heterocycles. The van der Waals surface area contributed by atoms with Crippen molar-refractivity contribution in [1.29, 1.82) is 0 Å². The lowest BCUT2D eigenvalue weighted by Gasteiger charge is -2.46. The Morgan fingerprint density at radius 2 is 2.00 bits per heavy atom. The molecule has 0 spiro atoms. The van der Waals surface area contributed by atoms with E-state index in [1.807, 2.05) is 18.2 Å². The van der Waals surface area contributed by atoms with Crippen LogP contribution < -0.4 is 20.9 Å². The van der Waals surface area contributed by atoms with Crippen LogP contribution in [0, 0.1) is 5.41 Å². The lowest BCUT2D eigenvalue weighted by molar-refractivity contribution is 0.103. The largest absolute Gasteiger partial charge is 0.497 e. The number of rotatable bonds is 5. The van der Waals surface area contributed by atoms with Crippen LogP contribution in [0.4, 0.5) is 0 Å². The third-order valence-electron chi connectivity index (χ3n) is 4.19. The molecule has 0 radical (unpaired) electrons. The topological polar surface area (TPSA) is 70.5 Å². The Kier molecular flexibility index (Phi) is 3.78. The Hall–Kier alpha value is -1.26.